The van der Waals surface area contributed by atoms with Crippen molar-refractivity contribution in [2.75, 3.05) is 0 Å². The fraction of sp³-hybridized carbons (Fsp3) is 0.125. The van der Waals surface area contributed by atoms with Crippen molar-refractivity contribution in [1.29, 1.82) is 0 Å². The lowest BCUT2D eigenvalue weighted by Gasteiger charge is -2.08. The Morgan fingerprint density at radius 3 is 2.58 bits per heavy atom. The first-order chi connectivity index (χ1) is 12.4. The van der Waals surface area contributed by atoms with Gasteiger partial charge in [0.2, 0.25) is 0 Å². The van der Waals surface area contributed by atoms with E-state index < -0.39 is 4.92 Å². The van der Waals surface area contributed by atoms with Gasteiger partial charge >= 0.3 is 0 Å². The summed E-state index contributed by atoms with van der Waals surface area (Å²) in [4.78, 5) is 10.4. The number of ether oxygens (including phenoxy) is 1. The molecule has 0 aliphatic rings. The van der Waals surface area contributed by atoms with E-state index in [-0.39, 0.29) is 12.3 Å². The molecule has 0 atom stereocenters. The van der Waals surface area contributed by atoms with E-state index >= 15 is 0 Å². The van der Waals surface area contributed by atoms with Gasteiger partial charge in [-0.1, -0.05) is 52.1 Å². The smallest absolute Gasteiger partial charge is 0.269 e. The number of aromatic nitrogens is 3. The molecule has 3 aromatic rings. The lowest BCUT2D eigenvalue weighted by Crippen LogP contribution is -2.01. The lowest BCUT2D eigenvalue weighted by atomic mass is 10.2. The lowest BCUT2D eigenvalue weighted by molar-refractivity contribution is -0.384. The second kappa shape index (κ2) is 7.90. The van der Waals surface area contributed by atoms with E-state index in [0.717, 1.165) is 5.56 Å². The van der Waals surface area contributed by atoms with Gasteiger partial charge in [0.15, 0.2) is 5.75 Å². The quantitative estimate of drug-likeness (QED) is 0.429. The Morgan fingerprint density at radius 2 is 1.88 bits per heavy atom. The van der Waals surface area contributed by atoms with Gasteiger partial charge in [-0.2, -0.15) is 0 Å². The summed E-state index contributed by atoms with van der Waals surface area (Å²) in [5, 5.41) is 19.8. The first-order valence-corrected chi connectivity index (χ1v) is 8.45. The van der Waals surface area contributed by atoms with Crippen LogP contribution < -0.4 is 4.74 Å². The van der Waals surface area contributed by atoms with Crippen LogP contribution >= 0.6 is 34.8 Å². The summed E-state index contributed by atoms with van der Waals surface area (Å²) in [6.45, 7) is 0.452. The molecule has 0 spiro atoms. The van der Waals surface area contributed by atoms with Crippen molar-refractivity contribution in [2.24, 2.45) is 0 Å². The molecule has 0 aliphatic carbocycles. The normalized spacial score (nSPS) is 10.7. The zero-order valence-electron chi connectivity index (χ0n) is 13.1. The van der Waals surface area contributed by atoms with Gasteiger partial charge in [0.1, 0.15) is 12.3 Å². The van der Waals surface area contributed by atoms with Gasteiger partial charge in [-0.15, -0.1) is 5.10 Å². The van der Waals surface area contributed by atoms with Gasteiger partial charge in [0.05, 0.1) is 27.7 Å². The van der Waals surface area contributed by atoms with Gasteiger partial charge in [-0.3, -0.25) is 10.1 Å². The maximum Gasteiger partial charge on any atom is 0.269 e. The molecular formula is C16H11Cl3N4O3. The second-order valence-electron chi connectivity index (χ2n) is 5.32. The Morgan fingerprint density at radius 1 is 1.15 bits per heavy atom. The van der Waals surface area contributed by atoms with Crippen molar-refractivity contribution < 1.29 is 9.66 Å². The maximum atomic E-state index is 10.8. The molecule has 10 heteroatoms. The summed E-state index contributed by atoms with van der Waals surface area (Å²) in [6.07, 6.45) is 1.68. The van der Waals surface area contributed by atoms with Crippen LogP contribution in [0.15, 0.2) is 42.6 Å². The Bertz CT molecular complexity index is 938. The fourth-order valence-corrected chi connectivity index (χ4v) is 3.18. The number of non-ortho nitro benzene ring substituents is 1. The number of benzene rings is 2. The summed E-state index contributed by atoms with van der Waals surface area (Å²) in [6, 6.07) is 9.39. The van der Waals surface area contributed by atoms with Crippen molar-refractivity contribution in [3.63, 3.8) is 0 Å². The van der Waals surface area contributed by atoms with Crippen LogP contribution in [0, 0.1) is 10.1 Å². The van der Waals surface area contributed by atoms with Gasteiger partial charge in [0, 0.05) is 17.2 Å². The molecule has 7 nitrogen and oxygen atoms in total. The Hall–Kier alpha value is -2.35. The predicted octanol–water partition coefficient (Wildman–Crippen LogP) is 4.77. The van der Waals surface area contributed by atoms with Crippen LogP contribution in [-0.2, 0) is 13.2 Å². The highest BCUT2D eigenvalue weighted by atomic mass is 35.5. The number of hydrogen-bond acceptors (Lipinski definition) is 5. The molecule has 134 valence electrons. The first-order valence-electron chi connectivity index (χ1n) is 7.32. The molecule has 0 radical (unpaired) electrons. The van der Waals surface area contributed by atoms with Gasteiger partial charge in [-0.25, -0.2) is 4.68 Å². The molecule has 0 amide bonds. The van der Waals surface area contributed by atoms with Crippen LogP contribution in [-0.4, -0.2) is 19.9 Å². The first kappa shape index (κ1) is 18.4. The van der Waals surface area contributed by atoms with E-state index in [9.17, 15) is 10.1 Å². The number of rotatable bonds is 6. The van der Waals surface area contributed by atoms with Crippen molar-refractivity contribution in [2.45, 2.75) is 13.2 Å². The van der Waals surface area contributed by atoms with Crippen LogP contribution in [0.2, 0.25) is 15.1 Å². The molecule has 26 heavy (non-hydrogen) atoms. The van der Waals surface area contributed by atoms with E-state index in [1.165, 1.54) is 24.3 Å². The van der Waals surface area contributed by atoms with Crippen LogP contribution in [0.25, 0.3) is 0 Å². The van der Waals surface area contributed by atoms with Gasteiger partial charge in [0.25, 0.3) is 5.69 Å². The monoisotopic (exact) mass is 412 g/mol. The maximum absolute atomic E-state index is 10.8. The van der Waals surface area contributed by atoms with Crippen LogP contribution in [0.4, 0.5) is 5.69 Å². The molecular weight excluding hydrogens is 403 g/mol. The average molecular weight is 414 g/mol. The third-order valence-electron chi connectivity index (χ3n) is 3.38. The average Bonchev–Trinajstić information content (AvgIpc) is 3.01. The summed E-state index contributed by atoms with van der Waals surface area (Å²) in [5.74, 6) is 0.311. The predicted molar refractivity (Wildman–Crippen MR) is 98.0 cm³/mol. The zero-order valence-corrected chi connectivity index (χ0v) is 15.4. The Balaban J connectivity index is 1.67. The van der Waals surface area contributed by atoms with Crippen LogP contribution in [0.3, 0.4) is 0 Å². The second-order valence-corrected chi connectivity index (χ2v) is 6.57. The molecule has 0 aliphatic heterocycles. The molecule has 1 heterocycles. The fourth-order valence-electron chi connectivity index (χ4n) is 2.25. The highest BCUT2D eigenvalue weighted by Gasteiger charge is 2.11. The van der Waals surface area contributed by atoms with Crippen molar-refractivity contribution in [3.8, 4) is 5.75 Å². The Labute approximate surface area is 163 Å². The van der Waals surface area contributed by atoms with E-state index in [1.807, 2.05) is 0 Å². The van der Waals surface area contributed by atoms with Crippen molar-refractivity contribution in [1.82, 2.24) is 15.0 Å². The minimum Gasteiger partial charge on any atom is -0.484 e. The summed E-state index contributed by atoms with van der Waals surface area (Å²) in [7, 11) is 0. The number of nitrogens with zero attached hydrogens (tertiary/aromatic N) is 4. The minimum absolute atomic E-state index is 0.0261. The van der Waals surface area contributed by atoms with E-state index in [4.69, 9.17) is 39.5 Å². The topological polar surface area (TPSA) is 83.1 Å². The molecule has 0 saturated carbocycles. The third kappa shape index (κ3) is 4.43. The van der Waals surface area contributed by atoms with Gasteiger partial charge < -0.3 is 4.74 Å². The van der Waals surface area contributed by atoms with E-state index in [1.54, 1.807) is 23.0 Å². The van der Waals surface area contributed by atoms with Crippen LogP contribution in [0.1, 0.15) is 11.3 Å². The minimum atomic E-state index is -0.441. The zero-order chi connectivity index (χ0) is 18.7. The molecule has 3 rings (SSSR count). The highest BCUT2D eigenvalue weighted by Crippen LogP contribution is 2.36. The Kier molecular flexibility index (Phi) is 5.61. The molecule has 2 aromatic carbocycles. The standard InChI is InChI=1S/C16H11Cl3N4O3/c17-11-5-14(18)16(15(19)6-11)26-9-12-8-22(21-20-12)7-10-2-1-3-13(4-10)23(24)25/h1-6,8H,7,9H2. The SMILES string of the molecule is O=[N+]([O-])c1cccc(Cn2cc(COc3c(Cl)cc(Cl)cc3Cl)nn2)c1. The van der Waals surface area contributed by atoms with E-state index in [0.29, 0.717) is 33.1 Å². The molecule has 1 aromatic heterocycles. The van der Waals surface area contributed by atoms with Crippen molar-refractivity contribution in [3.05, 3.63) is 79.0 Å². The van der Waals surface area contributed by atoms with Gasteiger partial charge in [-0.05, 0) is 17.7 Å². The molecule has 0 bridgehead atoms. The number of nitro benzene ring substituents is 1. The molecule has 0 saturated heterocycles. The number of hydrogen-bond donors (Lipinski definition) is 0. The molecule has 0 fully saturated rings. The summed E-state index contributed by atoms with van der Waals surface area (Å²) < 4.78 is 7.15. The van der Waals surface area contributed by atoms with Crippen LogP contribution in [0.5, 0.6) is 5.75 Å². The molecule has 0 N–H and O–H groups in total. The largest absolute Gasteiger partial charge is 0.484 e. The van der Waals surface area contributed by atoms with Crippen molar-refractivity contribution >= 4 is 40.5 Å². The van der Waals surface area contributed by atoms with E-state index in [2.05, 4.69) is 10.3 Å². The third-order valence-corrected chi connectivity index (χ3v) is 4.16. The highest BCUT2D eigenvalue weighted by molar-refractivity contribution is 6.40. The summed E-state index contributed by atoms with van der Waals surface area (Å²) in [5.41, 5.74) is 1.32. The number of nitro groups is 1. The summed E-state index contributed by atoms with van der Waals surface area (Å²) >= 11 is 18.0. The number of halogens is 3. The molecule has 0 unspecified atom stereocenters.